The summed E-state index contributed by atoms with van der Waals surface area (Å²) in [5, 5.41) is 3.31. The van der Waals surface area contributed by atoms with Crippen LogP contribution in [-0.2, 0) is 14.8 Å². The van der Waals surface area contributed by atoms with Crippen molar-refractivity contribution in [3.8, 4) is 0 Å². The van der Waals surface area contributed by atoms with Crippen LogP contribution < -0.4 is 10.9 Å². The molecular formula is C23H32N4O5S. The molecule has 3 heterocycles. The standard InChI is InChI=1S/C23H32N4O5S/c28-22-17-20(23(29)24-8-5-11-26-9-3-1-2-4-10-26)19-16-18(6-7-21(19)25-22)33(30,31)27-12-14-32-15-13-27/h6-7,16-17H,1-5,8-15H2,(H,24,29)(H,25,28). The number of aromatic nitrogens is 1. The summed E-state index contributed by atoms with van der Waals surface area (Å²) in [6, 6.07) is 5.71. The molecule has 10 heteroatoms. The van der Waals surface area contributed by atoms with Gasteiger partial charge in [-0.15, -0.1) is 0 Å². The summed E-state index contributed by atoms with van der Waals surface area (Å²) in [7, 11) is -3.72. The summed E-state index contributed by atoms with van der Waals surface area (Å²) < 4.78 is 32.8. The van der Waals surface area contributed by atoms with Gasteiger partial charge in [0.05, 0.1) is 23.7 Å². The number of carbonyl (C=O) groups is 1. The highest BCUT2D eigenvalue weighted by atomic mass is 32.2. The van der Waals surface area contributed by atoms with Crippen molar-refractivity contribution in [2.75, 3.05) is 52.5 Å². The second-order valence-electron chi connectivity index (χ2n) is 8.64. The van der Waals surface area contributed by atoms with E-state index in [-0.39, 0.29) is 29.5 Å². The average Bonchev–Trinajstić information content (AvgIpc) is 3.10. The number of H-pyrrole nitrogens is 1. The normalized spacial score (nSPS) is 18.8. The van der Waals surface area contributed by atoms with Crippen LogP contribution in [0.4, 0.5) is 0 Å². The van der Waals surface area contributed by atoms with E-state index in [1.807, 2.05) is 0 Å². The predicted octanol–water partition coefficient (Wildman–Crippen LogP) is 1.54. The number of hydrogen-bond acceptors (Lipinski definition) is 6. The molecule has 1 amide bonds. The van der Waals surface area contributed by atoms with Crippen LogP contribution in [0.25, 0.3) is 10.9 Å². The van der Waals surface area contributed by atoms with E-state index in [1.54, 1.807) is 6.07 Å². The lowest BCUT2D eigenvalue weighted by molar-refractivity contribution is 0.0730. The summed E-state index contributed by atoms with van der Waals surface area (Å²) >= 11 is 0. The summed E-state index contributed by atoms with van der Waals surface area (Å²) in [5.74, 6) is -0.372. The van der Waals surface area contributed by atoms with Gasteiger partial charge < -0.3 is 19.9 Å². The molecule has 4 rings (SSSR count). The Labute approximate surface area is 194 Å². The number of sulfonamides is 1. The number of amides is 1. The number of benzene rings is 1. The van der Waals surface area contributed by atoms with E-state index in [9.17, 15) is 18.0 Å². The number of ether oxygens (including phenoxy) is 1. The van der Waals surface area contributed by atoms with Crippen LogP contribution in [0.1, 0.15) is 42.5 Å². The molecule has 0 atom stereocenters. The van der Waals surface area contributed by atoms with Gasteiger partial charge in [-0.2, -0.15) is 4.31 Å². The molecule has 2 aliphatic heterocycles. The summed E-state index contributed by atoms with van der Waals surface area (Å²) in [6.45, 7) is 4.91. The van der Waals surface area contributed by atoms with Crippen LogP contribution in [0.15, 0.2) is 34.0 Å². The zero-order chi connectivity index (χ0) is 23.3. The first-order valence-electron chi connectivity index (χ1n) is 11.7. The molecule has 0 radical (unpaired) electrons. The number of hydrogen-bond donors (Lipinski definition) is 2. The minimum Gasteiger partial charge on any atom is -0.379 e. The first-order chi connectivity index (χ1) is 15.9. The van der Waals surface area contributed by atoms with Crippen molar-refractivity contribution in [3.63, 3.8) is 0 Å². The highest BCUT2D eigenvalue weighted by molar-refractivity contribution is 7.89. The number of nitrogens with one attached hydrogen (secondary N) is 2. The van der Waals surface area contributed by atoms with E-state index in [0.717, 1.165) is 26.1 Å². The molecule has 0 aliphatic carbocycles. The number of morpholine rings is 1. The number of fused-ring (bicyclic) bond motifs is 1. The molecule has 2 fully saturated rings. The van der Waals surface area contributed by atoms with Crippen LogP contribution >= 0.6 is 0 Å². The van der Waals surface area contributed by atoms with Crippen molar-refractivity contribution in [1.29, 1.82) is 0 Å². The lowest BCUT2D eigenvalue weighted by atomic mass is 10.1. The Bertz CT molecular complexity index is 1130. The minimum atomic E-state index is -3.72. The largest absolute Gasteiger partial charge is 0.379 e. The summed E-state index contributed by atoms with van der Waals surface area (Å²) in [4.78, 5) is 30.3. The fraction of sp³-hybridized carbons (Fsp3) is 0.565. The molecule has 0 saturated carbocycles. The minimum absolute atomic E-state index is 0.0964. The third-order valence-electron chi connectivity index (χ3n) is 6.30. The van der Waals surface area contributed by atoms with Gasteiger partial charge in [-0.05, 0) is 57.1 Å². The molecule has 2 N–H and O–H groups in total. The van der Waals surface area contributed by atoms with Crippen molar-refractivity contribution < 1.29 is 17.9 Å². The number of aromatic amines is 1. The van der Waals surface area contributed by atoms with Crippen LogP contribution in [-0.4, -0.2) is 81.0 Å². The SMILES string of the molecule is O=C(NCCCN1CCCCCC1)c1cc(=O)[nH]c2ccc(S(=O)(=O)N3CCOCC3)cc12. The van der Waals surface area contributed by atoms with E-state index in [0.29, 0.717) is 30.7 Å². The highest BCUT2D eigenvalue weighted by Gasteiger charge is 2.27. The fourth-order valence-electron chi connectivity index (χ4n) is 4.48. The molecule has 1 aromatic carbocycles. The van der Waals surface area contributed by atoms with Crippen LogP contribution in [0.5, 0.6) is 0 Å². The Morgan fingerprint density at radius 1 is 1.03 bits per heavy atom. The van der Waals surface area contributed by atoms with Crippen molar-refractivity contribution in [2.24, 2.45) is 0 Å². The third-order valence-corrected chi connectivity index (χ3v) is 8.20. The maximum atomic E-state index is 13.1. The monoisotopic (exact) mass is 476 g/mol. The fourth-order valence-corrected chi connectivity index (χ4v) is 5.91. The Morgan fingerprint density at radius 2 is 1.76 bits per heavy atom. The average molecular weight is 477 g/mol. The second-order valence-corrected chi connectivity index (χ2v) is 10.6. The summed E-state index contributed by atoms with van der Waals surface area (Å²) in [5.41, 5.74) is 0.210. The van der Waals surface area contributed by atoms with E-state index >= 15 is 0 Å². The Hall–Kier alpha value is -2.27. The zero-order valence-electron chi connectivity index (χ0n) is 18.8. The van der Waals surface area contributed by atoms with Gasteiger partial charge in [0.25, 0.3) is 5.91 Å². The first-order valence-corrected chi connectivity index (χ1v) is 13.1. The van der Waals surface area contributed by atoms with Crippen molar-refractivity contribution >= 4 is 26.8 Å². The Balaban J connectivity index is 1.49. The molecule has 33 heavy (non-hydrogen) atoms. The lowest BCUT2D eigenvalue weighted by Crippen LogP contribution is -2.40. The molecule has 2 saturated heterocycles. The van der Waals surface area contributed by atoms with Crippen LogP contribution in [0, 0.1) is 0 Å². The molecule has 1 aromatic heterocycles. The van der Waals surface area contributed by atoms with Gasteiger partial charge in [0, 0.05) is 36.6 Å². The molecule has 0 bridgehead atoms. The van der Waals surface area contributed by atoms with Gasteiger partial charge in [-0.1, -0.05) is 12.8 Å². The van der Waals surface area contributed by atoms with Crippen LogP contribution in [0.3, 0.4) is 0 Å². The third kappa shape index (κ3) is 5.81. The highest BCUT2D eigenvalue weighted by Crippen LogP contribution is 2.23. The first kappa shape index (κ1) is 23.9. The smallest absolute Gasteiger partial charge is 0.252 e. The van der Waals surface area contributed by atoms with E-state index in [1.165, 1.54) is 48.2 Å². The van der Waals surface area contributed by atoms with Gasteiger partial charge in [0.15, 0.2) is 0 Å². The molecule has 2 aliphatic rings. The molecular weight excluding hydrogens is 444 g/mol. The number of carbonyl (C=O) groups excluding carboxylic acids is 1. The van der Waals surface area contributed by atoms with Gasteiger partial charge in [-0.3, -0.25) is 9.59 Å². The van der Waals surface area contributed by atoms with Crippen molar-refractivity contribution in [1.82, 2.24) is 19.5 Å². The number of nitrogens with zero attached hydrogens (tertiary/aromatic N) is 2. The van der Waals surface area contributed by atoms with E-state index < -0.39 is 15.6 Å². The predicted molar refractivity (Wildman–Crippen MR) is 126 cm³/mol. The van der Waals surface area contributed by atoms with Gasteiger partial charge in [0.1, 0.15) is 0 Å². The van der Waals surface area contributed by atoms with Crippen molar-refractivity contribution in [3.05, 3.63) is 40.2 Å². The lowest BCUT2D eigenvalue weighted by Gasteiger charge is -2.26. The maximum Gasteiger partial charge on any atom is 0.252 e. The number of rotatable bonds is 7. The Morgan fingerprint density at radius 3 is 2.48 bits per heavy atom. The summed E-state index contributed by atoms with van der Waals surface area (Å²) in [6.07, 6.45) is 5.84. The topological polar surface area (TPSA) is 112 Å². The molecule has 2 aromatic rings. The van der Waals surface area contributed by atoms with Gasteiger partial charge in [-0.25, -0.2) is 8.42 Å². The zero-order valence-corrected chi connectivity index (χ0v) is 19.7. The van der Waals surface area contributed by atoms with Crippen molar-refractivity contribution in [2.45, 2.75) is 37.0 Å². The van der Waals surface area contributed by atoms with Gasteiger partial charge >= 0.3 is 0 Å². The molecule has 180 valence electrons. The Kier molecular flexibility index (Phi) is 7.79. The molecule has 9 nitrogen and oxygen atoms in total. The molecule has 0 spiro atoms. The van der Waals surface area contributed by atoms with Gasteiger partial charge in [0.2, 0.25) is 15.6 Å². The maximum absolute atomic E-state index is 13.1. The second kappa shape index (κ2) is 10.8. The van der Waals surface area contributed by atoms with E-state index in [2.05, 4.69) is 15.2 Å². The molecule has 0 unspecified atom stereocenters. The van der Waals surface area contributed by atoms with E-state index in [4.69, 9.17) is 4.74 Å². The van der Waals surface area contributed by atoms with Crippen LogP contribution in [0.2, 0.25) is 0 Å². The number of likely N-dealkylation sites (tertiary alicyclic amines) is 1. The quantitative estimate of drug-likeness (QED) is 0.587. The number of pyridine rings is 1.